The first-order valence-corrected chi connectivity index (χ1v) is 2.64. The van der Waals surface area contributed by atoms with E-state index in [0.717, 1.165) is 5.56 Å². The summed E-state index contributed by atoms with van der Waals surface area (Å²) in [6.07, 6.45) is 3.30. The average molecular weight is 120 g/mol. The molecule has 1 rings (SSSR count). The van der Waals surface area contributed by atoms with Crippen molar-refractivity contribution in [3.63, 3.8) is 0 Å². The van der Waals surface area contributed by atoms with Crippen LogP contribution in [0.1, 0.15) is 11.3 Å². The van der Waals surface area contributed by atoms with E-state index in [1.165, 1.54) is 0 Å². The molecule has 1 aromatic rings. The van der Waals surface area contributed by atoms with Gasteiger partial charge in [0.1, 0.15) is 5.69 Å². The van der Waals surface area contributed by atoms with Gasteiger partial charge in [-0.1, -0.05) is 0 Å². The minimum absolute atomic E-state index is 0.370. The van der Waals surface area contributed by atoms with E-state index in [-0.39, 0.29) is 0 Å². The zero-order valence-corrected chi connectivity index (χ0v) is 5.09. The molecule has 0 saturated heterocycles. The summed E-state index contributed by atoms with van der Waals surface area (Å²) in [6.45, 7) is 1.91. The fourth-order valence-corrected chi connectivity index (χ4v) is 0.592. The number of nitrogens with zero attached hydrogens (tertiary/aromatic N) is 1. The van der Waals surface area contributed by atoms with Crippen molar-refractivity contribution in [2.75, 3.05) is 0 Å². The minimum Gasteiger partial charge on any atom is -0.283 e. The maximum absolute atomic E-state index is 9.97. The van der Waals surface area contributed by atoms with Crippen molar-refractivity contribution in [2.45, 2.75) is 6.92 Å². The van der Waals surface area contributed by atoms with E-state index in [9.17, 15) is 4.79 Å². The van der Waals surface area contributed by atoms with Crippen LogP contribution in [0, 0.1) is 6.92 Å². The molecule has 0 saturated carbocycles. The Hall–Kier alpha value is -1.18. The van der Waals surface area contributed by atoms with Gasteiger partial charge in [0, 0.05) is 6.20 Å². The maximum atomic E-state index is 9.97. The van der Waals surface area contributed by atoms with Gasteiger partial charge in [0.25, 0.3) is 6.29 Å². The van der Waals surface area contributed by atoms with Crippen LogP contribution in [0.5, 0.6) is 0 Å². The molecule has 0 fully saturated rings. The molecular formula is C7H6NO. The van der Waals surface area contributed by atoms with Crippen LogP contribution in [-0.4, -0.2) is 11.3 Å². The number of pyridine rings is 1. The Kier molecular flexibility index (Phi) is 1.58. The van der Waals surface area contributed by atoms with Crippen LogP contribution in [0.25, 0.3) is 0 Å². The first-order chi connectivity index (χ1) is 4.33. The molecular weight excluding hydrogens is 114 g/mol. The summed E-state index contributed by atoms with van der Waals surface area (Å²) in [5.74, 6) is 0. The van der Waals surface area contributed by atoms with Crippen molar-refractivity contribution in [3.05, 3.63) is 29.6 Å². The molecule has 0 bridgehead atoms. The molecule has 0 atom stereocenters. The average Bonchev–Trinajstić information content (AvgIpc) is 1.88. The Bertz CT molecular complexity index is 220. The largest absolute Gasteiger partial charge is 0.283 e. The second kappa shape index (κ2) is 2.40. The summed E-state index contributed by atoms with van der Waals surface area (Å²) in [7, 11) is 0. The molecule has 1 heterocycles. The van der Waals surface area contributed by atoms with Gasteiger partial charge in [0.05, 0.1) is 0 Å². The Morgan fingerprint density at radius 1 is 1.67 bits per heavy atom. The Labute approximate surface area is 53.5 Å². The minimum atomic E-state index is 0.370. The second-order valence-electron chi connectivity index (χ2n) is 1.82. The van der Waals surface area contributed by atoms with E-state index in [1.54, 1.807) is 18.5 Å². The molecule has 2 nitrogen and oxygen atoms in total. The number of carbonyl (C=O) groups excluding carboxylic acids is 1. The zero-order chi connectivity index (χ0) is 6.69. The molecule has 0 amide bonds. The Balaban J connectivity index is 3.07. The molecule has 1 radical (unpaired) electrons. The van der Waals surface area contributed by atoms with E-state index in [1.807, 2.05) is 13.0 Å². The van der Waals surface area contributed by atoms with Crippen molar-refractivity contribution < 1.29 is 4.79 Å². The molecule has 9 heavy (non-hydrogen) atoms. The Morgan fingerprint density at radius 2 is 2.44 bits per heavy atom. The fourth-order valence-electron chi connectivity index (χ4n) is 0.592. The lowest BCUT2D eigenvalue weighted by molar-refractivity contribution is 0.561. The highest BCUT2D eigenvalue weighted by atomic mass is 16.1. The molecule has 0 aromatic carbocycles. The number of aromatic nitrogens is 1. The third kappa shape index (κ3) is 1.35. The lowest BCUT2D eigenvalue weighted by Crippen LogP contribution is -1.85. The highest BCUT2D eigenvalue weighted by Crippen LogP contribution is 1.95. The summed E-state index contributed by atoms with van der Waals surface area (Å²) >= 11 is 0. The molecule has 0 aliphatic heterocycles. The van der Waals surface area contributed by atoms with Crippen LogP contribution in [0.4, 0.5) is 0 Å². The van der Waals surface area contributed by atoms with E-state index in [0.29, 0.717) is 5.69 Å². The van der Waals surface area contributed by atoms with Crippen molar-refractivity contribution >= 4 is 6.29 Å². The molecule has 0 aliphatic rings. The van der Waals surface area contributed by atoms with Gasteiger partial charge in [0.2, 0.25) is 0 Å². The predicted octanol–water partition coefficient (Wildman–Crippen LogP) is 0.848. The molecule has 0 aliphatic carbocycles. The summed E-state index contributed by atoms with van der Waals surface area (Å²) in [5, 5.41) is 0. The van der Waals surface area contributed by atoms with Gasteiger partial charge in [-0.25, -0.2) is 0 Å². The van der Waals surface area contributed by atoms with Gasteiger partial charge in [0.15, 0.2) is 0 Å². The van der Waals surface area contributed by atoms with Crippen LogP contribution >= 0.6 is 0 Å². The molecule has 1 aromatic heterocycles. The van der Waals surface area contributed by atoms with Crippen molar-refractivity contribution in [1.29, 1.82) is 0 Å². The molecule has 0 unspecified atom stereocenters. The summed E-state index contributed by atoms with van der Waals surface area (Å²) in [4.78, 5) is 13.7. The lowest BCUT2D eigenvalue weighted by atomic mass is 10.2. The first-order valence-electron chi connectivity index (χ1n) is 2.64. The van der Waals surface area contributed by atoms with E-state index in [2.05, 4.69) is 4.98 Å². The highest BCUT2D eigenvalue weighted by molar-refractivity contribution is 5.72. The number of aryl methyl sites for hydroxylation is 1. The SMILES string of the molecule is Cc1ccnc([C]=O)c1. The van der Waals surface area contributed by atoms with Gasteiger partial charge < -0.3 is 0 Å². The highest BCUT2D eigenvalue weighted by Gasteiger charge is 1.89. The predicted molar refractivity (Wildman–Crippen MR) is 33.8 cm³/mol. The molecule has 2 heteroatoms. The van der Waals surface area contributed by atoms with Crippen LogP contribution in [-0.2, 0) is 4.79 Å². The summed E-state index contributed by atoms with van der Waals surface area (Å²) in [5.41, 5.74) is 1.40. The van der Waals surface area contributed by atoms with Gasteiger partial charge in [-0.05, 0) is 24.6 Å². The van der Waals surface area contributed by atoms with Crippen LogP contribution in [0.15, 0.2) is 18.3 Å². The van der Waals surface area contributed by atoms with Crippen molar-refractivity contribution in [2.24, 2.45) is 0 Å². The van der Waals surface area contributed by atoms with Crippen LogP contribution in [0.3, 0.4) is 0 Å². The first kappa shape index (κ1) is 5.95. The van der Waals surface area contributed by atoms with Gasteiger partial charge in [-0.3, -0.25) is 9.78 Å². The standard InChI is InChI=1S/C7H6NO/c1-6-2-3-8-7(4-6)5-9/h2-4H,1H3. The lowest BCUT2D eigenvalue weighted by Gasteiger charge is -1.88. The monoisotopic (exact) mass is 120 g/mol. The molecule has 45 valence electrons. The van der Waals surface area contributed by atoms with E-state index in [4.69, 9.17) is 0 Å². The normalized spacial score (nSPS) is 9.00. The zero-order valence-electron chi connectivity index (χ0n) is 5.09. The summed E-state index contributed by atoms with van der Waals surface area (Å²) in [6, 6.07) is 3.52. The topological polar surface area (TPSA) is 30.0 Å². The van der Waals surface area contributed by atoms with E-state index >= 15 is 0 Å². The number of rotatable bonds is 1. The van der Waals surface area contributed by atoms with Gasteiger partial charge in [-0.15, -0.1) is 0 Å². The van der Waals surface area contributed by atoms with Crippen LogP contribution < -0.4 is 0 Å². The quantitative estimate of drug-likeness (QED) is 0.549. The van der Waals surface area contributed by atoms with Gasteiger partial charge >= 0.3 is 0 Å². The Morgan fingerprint density at radius 3 is 2.89 bits per heavy atom. The molecule has 0 spiro atoms. The number of hydrogen-bond acceptors (Lipinski definition) is 2. The molecule has 0 N–H and O–H groups in total. The van der Waals surface area contributed by atoms with Crippen molar-refractivity contribution in [3.8, 4) is 0 Å². The van der Waals surface area contributed by atoms with Crippen molar-refractivity contribution in [1.82, 2.24) is 4.98 Å². The van der Waals surface area contributed by atoms with E-state index < -0.39 is 0 Å². The second-order valence-corrected chi connectivity index (χ2v) is 1.82. The maximum Gasteiger partial charge on any atom is 0.253 e. The third-order valence-electron chi connectivity index (χ3n) is 1.02. The third-order valence-corrected chi connectivity index (χ3v) is 1.02. The van der Waals surface area contributed by atoms with Gasteiger partial charge in [-0.2, -0.15) is 0 Å². The van der Waals surface area contributed by atoms with Crippen LogP contribution in [0.2, 0.25) is 0 Å². The smallest absolute Gasteiger partial charge is 0.253 e. The number of hydrogen-bond donors (Lipinski definition) is 0. The summed E-state index contributed by atoms with van der Waals surface area (Å²) < 4.78 is 0. The fraction of sp³-hybridized carbons (Fsp3) is 0.143.